The minimum absolute atomic E-state index is 0.188. The van der Waals surface area contributed by atoms with Crippen LogP contribution in [0.4, 0.5) is 21.9 Å². The number of carbonyl (C=O) groups is 2. The molecule has 8 heteroatoms. The van der Waals surface area contributed by atoms with Crippen molar-refractivity contribution in [2.24, 2.45) is 10.9 Å². The molecule has 2 aromatic carbocycles. The lowest BCUT2D eigenvalue weighted by molar-refractivity contribution is -0.120. The first-order valence-corrected chi connectivity index (χ1v) is 14.1. The molecule has 2 N–H and O–H groups in total. The number of nitrogens with zero attached hydrogens (tertiary/aromatic N) is 4. The van der Waals surface area contributed by atoms with Gasteiger partial charge in [0.05, 0.1) is 11.4 Å². The molecule has 38 heavy (non-hydrogen) atoms. The molecule has 1 saturated carbocycles. The van der Waals surface area contributed by atoms with E-state index in [1.807, 2.05) is 36.4 Å². The number of fused-ring (bicyclic) bond motifs is 1. The molecule has 0 unspecified atom stereocenters. The number of hydrogen-bond acceptors (Lipinski definition) is 5. The van der Waals surface area contributed by atoms with Crippen molar-refractivity contribution < 1.29 is 9.59 Å². The first-order chi connectivity index (χ1) is 18.5. The van der Waals surface area contributed by atoms with E-state index in [2.05, 4.69) is 46.5 Å². The number of carbonyl (C=O) groups excluding carboxylic acids is 2. The summed E-state index contributed by atoms with van der Waals surface area (Å²) in [5.74, 6) is 0.110. The summed E-state index contributed by atoms with van der Waals surface area (Å²) in [6, 6.07) is 15.6. The van der Waals surface area contributed by atoms with Gasteiger partial charge in [-0.05, 0) is 50.6 Å². The van der Waals surface area contributed by atoms with E-state index in [0.717, 1.165) is 68.1 Å². The van der Waals surface area contributed by atoms with Crippen molar-refractivity contribution >= 4 is 34.7 Å². The maximum Gasteiger partial charge on any atom is 0.321 e. The average Bonchev–Trinajstić information content (AvgIpc) is 3.05. The Morgan fingerprint density at radius 1 is 1.00 bits per heavy atom. The fourth-order valence-corrected chi connectivity index (χ4v) is 5.84. The first-order valence-electron chi connectivity index (χ1n) is 14.1. The summed E-state index contributed by atoms with van der Waals surface area (Å²) < 4.78 is 0. The third-order valence-corrected chi connectivity index (χ3v) is 7.92. The van der Waals surface area contributed by atoms with E-state index < -0.39 is 12.2 Å². The third-order valence-electron chi connectivity index (χ3n) is 7.92. The average molecular weight is 517 g/mol. The Morgan fingerprint density at radius 2 is 1.76 bits per heavy atom. The number of amides is 3. The van der Waals surface area contributed by atoms with Crippen molar-refractivity contribution in [3.05, 3.63) is 54.1 Å². The third kappa shape index (κ3) is 5.85. The van der Waals surface area contributed by atoms with E-state index >= 15 is 0 Å². The smallest absolute Gasteiger partial charge is 0.321 e. The van der Waals surface area contributed by atoms with Crippen LogP contribution in [-0.4, -0.2) is 68.5 Å². The molecule has 5 rings (SSSR count). The van der Waals surface area contributed by atoms with Crippen LogP contribution in [0.2, 0.25) is 0 Å². The number of para-hydroxylation sites is 1. The summed E-state index contributed by atoms with van der Waals surface area (Å²) in [4.78, 5) is 38.4. The van der Waals surface area contributed by atoms with Gasteiger partial charge in [0.1, 0.15) is 0 Å². The molecule has 202 valence electrons. The highest BCUT2D eigenvalue weighted by molar-refractivity contribution is 6.14. The maximum absolute atomic E-state index is 13.8. The Labute approximate surface area is 226 Å². The molecule has 2 aliphatic heterocycles. The normalized spacial score (nSPS) is 20.9. The Bertz CT molecular complexity index is 1170. The molecule has 0 bridgehead atoms. The summed E-state index contributed by atoms with van der Waals surface area (Å²) >= 11 is 0. The Balaban J connectivity index is 1.37. The molecule has 3 aliphatic rings. The lowest BCUT2D eigenvalue weighted by Gasteiger charge is -2.34. The number of piperazine rings is 1. The van der Waals surface area contributed by atoms with Crippen LogP contribution in [0.1, 0.15) is 51.0 Å². The van der Waals surface area contributed by atoms with Gasteiger partial charge in [-0.1, -0.05) is 50.5 Å². The van der Waals surface area contributed by atoms with E-state index in [1.165, 1.54) is 19.3 Å². The standard InChI is InChI=1S/C30H40N6O2/c1-3-16-36-26-15-8-7-14-25(26)27(22-10-5-4-6-11-22)32-28(29(36)37)33-30(38)31-23-12-9-13-24(21-23)35-19-17-34(2)18-20-35/h7-9,12-15,21-22,28H,3-6,10-11,16-20H2,1-2H3,(H2,31,33,38)/t28-/m0/s1. The van der Waals surface area contributed by atoms with Crippen molar-refractivity contribution in [2.75, 3.05) is 54.9 Å². The number of rotatable bonds is 6. The van der Waals surface area contributed by atoms with E-state index in [0.29, 0.717) is 18.2 Å². The highest BCUT2D eigenvalue weighted by Gasteiger charge is 2.34. The van der Waals surface area contributed by atoms with E-state index in [1.54, 1.807) is 4.90 Å². The number of likely N-dealkylation sites (N-methyl/N-ethyl adjacent to an activating group) is 1. The van der Waals surface area contributed by atoms with Gasteiger partial charge in [-0.3, -0.25) is 9.79 Å². The minimum Gasteiger partial charge on any atom is -0.369 e. The van der Waals surface area contributed by atoms with Gasteiger partial charge < -0.3 is 25.3 Å². The van der Waals surface area contributed by atoms with E-state index in [9.17, 15) is 9.59 Å². The van der Waals surface area contributed by atoms with Gasteiger partial charge in [-0.25, -0.2) is 4.79 Å². The molecule has 1 atom stereocenters. The lowest BCUT2D eigenvalue weighted by Crippen LogP contribution is -2.49. The van der Waals surface area contributed by atoms with Crippen molar-refractivity contribution in [2.45, 2.75) is 51.6 Å². The predicted molar refractivity (Wildman–Crippen MR) is 154 cm³/mol. The van der Waals surface area contributed by atoms with Crippen molar-refractivity contribution in [3.8, 4) is 0 Å². The molecular formula is C30H40N6O2. The minimum atomic E-state index is -0.966. The summed E-state index contributed by atoms with van der Waals surface area (Å²) in [5.41, 5.74) is 4.66. The van der Waals surface area contributed by atoms with Gasteiger partial charge in [0.15, 0.2) is 0 Å². The van der Waals surface area contributed by atoms with Gasteiger partial charge in [0, 0.05) is 55.6 Å². The topological polar surface area (TPSA) is 80.3 Å². The summed E-state index contributed by atoms with van der Waals surface area (Å²) in [5, 5.41) is 5.86. The number of aliphatic imine (C=N–C) groups is 1. The van der Waals surface area contributed by atoms with Gasteiger partial charge >= 0.3 is 6.03 Å². The van der Waals surface area contributed by atoms with E-state index in [-0.39, 0.29) is 5.91 Å². The molecular weight excluding hydrogens is 476 g/mol. The second-order valence-electron chi connectivity index (χ2n) is 10.7. The van der Waals surface area contributed by atoms with Crippen LogP contribution >= 0.6 is 0 Å². The maximum atomic E-state index is 13.8. The Hall–Kier alpha value is -3.39. The predicted octanol–water partition coefficient (Wildman–Crippen LogP) is 4.71. The second kappa shape index (κ2) is 12.0. The van der Waals surface area contributed by atoms with Gasteiger partial charge in [0.2, 0.25) is 6.17 Å². The van der Waals surface area contributed by atoms with Crippen LogP contribution in [0.25, 0.3) is 0 Å². The second-order valence-corrected chi connectivity index (χ2v) is 10.7. The van der Waals surface area contributed by atoms with Gasteiger partial charge in [-0.15, -0.1) is 0 Å². The van der Waals surface area contributed by atoms with Crippen LogP contribution in [0.3, 0.4) is 0 Å². The molecule has 0 spiro atoms. The molecule has 3 amide bonds. The number of benzodiazepines with no additional fused rings is 1. The van der Waals surface area contributed by atoms with E-state index in [4.69, 9.17) is 4.99 Å². The van der Waals surface area contributed by atoms with Gasteiger partial charge in [0.25, 0.3) is 5.91 Å². The fraction of sp³-hybridized carbons (Fsp3) is 0.500. The number of anilines is 3. The summed E-state index contributed by atoms with van der Waals surface area (Å²) in [6.07, 6.45) is 5.55. The number of benzene rings is 2. The highest BCUT2D eigenvalue weighted by Crippen LogP contribution is 2.34. The zero-order valence-corrected chi connectivity index (χ0v) is 22.7. The molecule has 2 aromatic rings. The van der Waals surface area contributed by atoms with Crippen LogP contribution in [0.15, 0.2) is 53.5 Å². The molecule has 8 nitrogen and oxygen atoms in total. The zero-order chi connectivity index (χ0) is 26.5. The molecule has 0 aromatic heterocycles. The lowest BCUT2D eigenvalue weighted by atomic mass is 9.83. The van der Waals surface area contributed by atoms with Crippen LogP contribution in [-0.2, 0) is 4.79 Å². The first kappa shape index (κ1) is 26.2. The Morgan fingerprint density at radius 3 is 2.53 bits per heavy atom. The van der Waals surface area contributed by atoms with Crippen LogP contribution < -0.4 is 20.4 Å². The molecule has 1 aliphatic carbocycles. The van der Waals surface area contributed by atoms with Crippen molar-refractivity contribution in [1.29, 1.82) is 0 Å². The van der Waals surface area contributed by atoms with Crippen molar-refractivity contribution in [3.63, 3.8) is 0 Å². The zero-order valence-electron chi connectivity index (χ0n) is 22.7. The Kier molecular flexibility index (Phi) is 8.27. The largest absolute Gasteiger partial charge is 0.369 e. The van der Waals surface area contributed by atoms with Crippen molar-refractivity contribution in [1.82, 2.24) is 10.2 Å². The highest BCUT2D eigenvalue weighted by atomic mass is 16.2. The number of hydrogen-bond donors (Lipinski definition) is 2. The quantitative estimate of drug-likeness (QED) is 0.583. The molecule has 2 heterocycles. The number of urea groups is 1. The van der Waals surface area contributed by atoms with Gasteiger partial charge in [-0.2, -0.15) is 0 Å². The fourth-order valence-electron chi connectivity index (χ4n) is 5.84. The number of nitrogens with one attached hydrogen (secondary N) is 2. The SMILES string of the molecule is CCCN1C(=O)[C@H](NC(=O)Nc2cccc(N3CCN(C)CC3)c2)N=C(C2CCCCC2)c2ccccc21. The molecule has 1 saturated heterocycles. The monoisotopic (exact) mass is 516 g/mol. The molecule has 0 radical (unpaired) electrons. The summed E-state index contributed by atoms with van der Waals surface area (Å²) in [6.45, 7) is 6.58. The summed E-state index contributed by atoms with van der Waals surface area (Å²) in [7, 11) is 2.14. The van der Waals surface area contributed by atoms with Crippen LogP contribution in [0, 0.1) is 5.92 Å². The molecule has 2 fully saturated rings. The van der Waals surface area contributed by atoms with Crippen LogP contribution in [0.5, 0.6) is 0 Å².